The minimum atomic E-state index is 0.524. The Morgan fingerprint density at radius 2 is 2.00 bits per heavy atom. The molecule has 0 aliphatic heterocycles. The molecule has 3 N–H and O–H groups in total. The average molecular weight is 226 g/mol. The third-order valence-electron chi connectivity index (χ3n) is 4.29. The van der Waals surface area contributed by atoms with Gasteiger partial charge in [-0.15, -0.1) is 0 Å². The minimum Gasteiger partial charge on any atom is -0.378 e. The number of ether oxygens (including phenoxy) is 1. The molecule has 2 atom stereocenters. The fraction of sp³-hybridized carbons (Fsp3) is 1.00. The molecule has 94 valence electrons. The van der Waals surface area contributed by atoms with Crippen LogP contribution in [0.1, 0.15) is 39.0 Å². The van der Waals surface area contributed by atoms with Crippen molar-refractivity contribution in [3.8, 4) is 0 Å². The topological polar surface area (TPSA) is 47.3 Å². The van der Waals surface area contributed by atoms with E-state index in [4.69, 9.17) is 10.5 Å². The smallest absolute Gasteiger partial charge is 0.0604 e. The van der Waals surface area contributed by atoms with Gasteiger partial charge in [-0.25, -0.2) is 0 Å². The van der Waals surface area contributed by atoms with Crippen molar-refractivity contribution in [3.63, 3.8) is 0 Å². The maximum atomic E-state index is 5.79. The quantitative estimate of drug-likeness (QED) is 0.722. The van der Waals surface area contributed by atoms with Crippen LogP contribution in [0.15, 0.2) is 0 Å². The van der Waals surface area contributed by atoms with E-state index in [0.717, 1.165) is 25.0 Å². The lowest BCUT2D eigenvalue weighted by atomic mass is 9.88. The first-order valence-electron chi connectivity index (χ1n) is 6.88. The van der Waals surface area contributed by atoms with E-state index < -0.39 is 0 Å². The first-order valence-corrected chi connectivity index (χ1v) is 6.88. The second-order valence-electron chi connectivity index (χ2n) is 5.34. The Morgan fingerprint density at radius 3 is 2.69 bits per heavy atom. The van der Waals surface area contributed by atoms with Crippen LogP contribution < -0.4 is 11.1 Å². The molecule has 3 heteroatoms. The second kappa shape index (κ2) is 5.99. The van der Waals surface area contributed by atoms with Crippen molar-refractivity contribution >= 4 is 0 Å². The molecule has 0 saturated heterocycles. The summed E-state index contributed by atoms with van der Waals surface area (Å²) in [6.45, 7) is 4.98. The van der Waals surface area contributed by atoms with E-state index in [2.05, 4.69) is 12.2 Å². The monoisotopic (exact) mass is 226 g/mol. The summed E-state index contributed by atoms with van der Waals surface area (Å²) in [5, 5.41) is 3.68. The lowest BCUT2D eigenvalue weighted by Crippen LogP contribution is -2.47. The lowest BCUT2D eigenvalue weighted by molar-refractivity contribution is -0.0108. The molecule has 0 aromatic carbocycles. The van der Waals surface area contributed by atoms with Crippen molar-refractivity contribution in [1.82, 2.24) is 5.32 Å². The summed E-state index contributed by atoms with van der Waals surface area (Å²) >= 11 is 0. The predicted molar refractivity (Wildman–Crippen MR) is 66.3 cm³/mol. The van der Waals surface area contributed by atoms with Crippen molar-refractivity contribution < 1.29 is 4.74 Å². The van der Waals surface area contributed by atoms with Crippen LogP contribution in [0.25, 0.3) is 0 Å². The van der Waals surface area contributed by atoms with E-state index in [1.165, 1.54) is 38.6 Å². The predicted octanol–water partition coefficient (Wildman–Crippen LogP) is 1.52. The van der Waals surface area contributed by atoms with E-state index in [0.29, 0.717) is 12.1 Å². The van der Waals surface area contributed by atoms with Gasteiger partial charge in [0.05, 0.1) is 6.10 Å². The van der Waals surface area contributed by atoms with E-state index in [-0.39, 0.29) is 0 Å². The van der Waals surface area contributed by atoms with Crippen LogP contribution in [0.5, 0.6) is 0 Å². The molecule has 0 heterocycles. The standard InChI is InChI=1S/C13H26N2O/c1-2-16-13-6-12(7-13)15-9-11-5-3-4-10(11)8-14/h10-13,15H,2-9,14H2,1H3. The van der Waals surface area contributed by atoms with E-state index in [9.17, 15) is 0 Å². The van der Waals surface area contributed by atoms with Crippen molar-refractivity contribution in [2.75, 3.05) is 19.7 Å². The van der Waals surface area contributed by atoms with Gasteiger partial charge >= 0.3 is 0 Å². The molecule has 3 nitrogen and oxygen atoms in total. The Bertz CT molecular complexity index is 204. The van der Waals surface area contributed by atoms with Crippen LogP contribution in [0.4, 0.5) is 0 Å². The maximum Gasteiger partial charge on any atom is 0.0604 e. The van der Waals surface area contributed by atoms with Gasteiger partial charge < -0.3 is 15.8 Å². The number of rotatable bonds is 6. The van der Waals surface area contributed by atoms with Crippen LogP contribution in [0, 0.1) is 11.8 Å². The molecule has 2 fully saturated rings. The van der Waals surface area contributed by atoms with E-state index in [1.807, 2.05) is 0 Å². The molecule has 16 heavy (non-hydrogen) atoms. The summed E-state index contributed by atoms with van der Waals surface area (Å²) in [7, 11) is 0. The first kappa shape index (κ1) is 12.3. The van der Waals surface area contributed by atoms with Crippen LogP contribution >= 0.6 is 0 Å². The molecule has 0 amide bonds. The molecule has 0 bridgehead atoms. The molecule has 2 rings (SSSR count). The maximum absolute atomic E-state index is 5.79. The second-order valence-corrected chi connectivity index (χ2v) is 5.34. The van der Waals surface area contributed by atoms with Gasteiger partial charge in [0.25, 0.3) is 0 Å². The molecule has 2 aliphatic carbocycles. The SMILES string of the molecule is CCOC1CC(NCC2CCCC2CN)C1. The summed E-state index contributed by atoms with van der Waals surface area (Å²) in [6.07, 6.45) is 7.02. The van der Waals surface area contributed by atoms with Crippen molar-refractivity contribution in [2.24, 2.45) is 17.6 Å². The Kier molecular flexibility index (Phi) is 4.62. The summed E-state index contributed by atoms with van der Waals surface area (Å²) in [5.74, 6) is 1.60. The highest BCUT2D eigenvalue weighted by atomic mass is 16.5. The van der Waals surface area contributed by atoms with Crippen molar-refractivity contribution in [3.05, 3.63) is 0 Å². The molecule has 2 saturated carbocycles. The van der Waals surface area contributed by atoms with Crippen molar-refractivity contribution in [1.29, 1.82) is 0 Å². The van der Waals surface area contributed by atoms with Gasteiger partial charge in [-0.2, -0.15) is 0 Å². The van der Waals surface area contributed by atoms with Crippen LogP contribution in [0.3, 0.4) is 0 Å². The highest BCUT2D eigenvalue weighted by Crippen LogP contribution is 2.31. The summed E-state index contributed by atoms with van der Waals surface area (Å²) in [6, 6.07) is 0.704. The fourth-order valence-corrected chi connectivity index (χ4v) is 3.11. The Morgan fingerprint density at radius 1 is 1.25 bits per heavy atom. The number of hydrogen-bond donors (Lipinski definition) is 2. The Balaban J connectivity index is 1.58. The van der Waals surface area contributed by atoms with Gasteiger partial charge in [0, 0.05) is 12.6 Å². The minimum absolute atomic E-state index is 0.524. The van der Waals surface area contributed by atoms with Crippen molar-refractivity contribution in [2.45, 2.75) is 51.2 Å². The summed E-state index contributed by atoms with van der Waals surface area (Å²) in [5.41, 5.74) is 5.79. The van der Waals surface area contributed by atoms with Crippen LogP contribution in [0.2, 0.25) is 0 Å². The Hall–Kier alpha value is -0.120. The normalized spacial score (nSPS) is 38.6. The van der Waals surface area contributed by atoms with E-state index >= 15 is 0 Å². The molecule has 0 aromatic heterocycles. The summed E-state index contributed by atoms with van der Waals surface area (Å²) in [4.78, 5) is 0. The third kappa shape index (κ3) is 2.96. The average Bonchev–Trinajstić information content (AvgIpc) is 2.68. The molecular weight excluding hydrogens is 200 g/mol. The third-order valence-corrected chi connectivity index (χ3v) is 4.29. The van der Waals surface area contributed by atoms with Gasteiger partial charge in [0.1, 0.15) is 0 Å². The van der Waals surface area contributed by atoms with Crippen LogP contribution in [-0.4, -0.2) is 31.8 Å². The molecule has 0 spiro atoms. The number of nitrogens with two attached hydrogens (primary N) is 1. The zero-order valence-electron chi connectivity index (χ0n) is 10.5. The Labute approximate surface area is 99.1 Å². The molecule has 2 aliphatic rings. The van der Waals surface area contributed by atoms with Gasteiger partial charge in [-0.1, -0.05) is 6.42 Å². The van der Waals surface area contributed by atoms with Gasteiger partial charge in [0.2, 0.25) is 0 Å². The first-order chi connectivity index (χ1) is 7.83. The molecule has 0 aromatic rings. The summed E-state index contributed by atoms with van der Waals surface area (Å²) < 4.78 is 5.56. The fourth-order valence-electron chi connectivity index (χ4n) is 3.11. The highest BCUT2D eigenvalue weighted by molar-refractivity contribution is 4.88. The number of nitrogens with one attached hydrogen (secondary N) is 1. The lowest BCUT2D eigenvalue weighted by Gasteiger charge is -2.36. The van der Waals surface area contributed by atoms with Gasteiger partial charge in [-0.3, -0.25) is 0 Å². The number of hydrogen-bond acceptors (Lipinski definition) is 3. The van der Waals surface area contributed by atoms with E-state index in [1.54, 1.807) is 0 Å². The zero-order chi connectivity index (χ0) is 11.4. The molecular formula is C13H26N2O. The largest absolute Gasteiger partial charge is 0.378 e. The zero-order valence-corrected chi connectivity index (χ0v) is 10.5. The van der Waals surface area contributed by atoms with Gasteiger partial charge in [0.15, 0.2) is 0 Å². The molecule has 2 unspecified atom stereocenters. The van der Waals surface area contributed by atoms with Gasteiger partial charge in [-0.05, 0) is 57.5 Å². The molecule has 0 radical (unpaired) electrons. The van der Waals surface area contributed by atoms with Crippen LogP contribution in [-0.2, 0) is 4.74 Å². The highest BCUT2D eigenvalue weighted by Gasteiger charge is 2.31.